The molecule has 1 aliphatic rings. The molecule has 7 heteroatoms. The van der Waals surface area contributed by atoms with Crippen LogP contribution in [0.1, 0.15) is 32.8 Å². The van der Waals surface area contributed by atoms with Crippen molar-refractivity contribution in [2.24, 2.45) is 0 Å². The van der Waals surface area contributed by atoms with Crippen molar-refractivity contribution < 1.29 is 19.2 Å². The molecule has 0 aliphatic carbocycles. The van der Waals surface area contributed by atoms with Gasteiger partial charge in [0.05, 0.1) is 18.7 Å². The van der Waals surface area contributed by atoms with Crippen LogP contribution < -0.4 is 0 Å². The van der Waals surface area contributed by atoms with Gasteiger partial charge in [0.2, 0.25) is 6.04 Å². The summed E-state index contributed by atoms with van der Waals surface area (Å²) in [7, 11) is 0. The lowest BCUT2D eigenvalue weighted by Crippen LogP contribution is -2.28. The van der Waals surface area contributed by atoms with Crippen molar-refractivity contribution in [2.75, 3.05) is 13.2 Å². The second kappa shape index (κ2) is 7.52. The van der Waals surface area contributed by atoms with Gasteiger partial charge in [-0.15, -0.1) is 0 Å². The molecule has 0 fully saturated rings. The molecule has 0 N–H and O–H groups in total. The Kier molecular flexibility index (Phi) is 5.32. The zero-order valence-electron chi connectivity index (χ0n) is 15.8. The van der Waals surface area contributed by atoms with Crippen LogP contribution >= 0.6 is 0 Å². The molecule has 0 bridgehead atoms. The van der Waals surface area contributed by atoms with Crippen LogP contribution in [0.5, 0.6) is 0 Å². The zero-order chi connectivity index (χ0) is 19.6. The van der Waals surface area contributed by atoms with E-state index >= 15 is 0 Å². The third-order valence-electron chi connectivity index (χ3n) is 4.48. The quantitative estimate of drug-likeness (QED) is 0.461. The molecule has 0 saturated carbocycles. The summed E-state index contributed by atoms with van der Waals surface area (Å²) in [6.07, 6.45) is 3.73. The maximum Gasteiger partial charge on any atom is 0.419 e. The minimum absolute atomic E-state index is 0.217. The van der Waals surface area contributed by atoms with Crippen molar-refractivity contribution in [2.45, 2.75) is 45.3 Å². The zero-order valence-corrected chi connectivity index (χ0v) is 15.8. The summed E-state index contributed by atoms with van der Waals surface area (Å²) < 4.78 is 12.2. The Balaban J connectivity index is 1.98. The average Bonchev–Trinajstić information content (AvgIpc) is 2.97. The summed E-state index contributed by atoms with van der Waals surface area (Å²) >= 11 is 0. The summed E-state index contributed by atoms with van der Waals surface area (Å²) in [6, 6.07) is 6.56. The van der Waals surface area contributed by atoms with Gasteiger partial charge in [-0.1, -0.05) is 24.3 Å². The summed E-state index contributed by atoms with van der Waals surface area (Å²) in [5.74, 6) is 0. The molecule has 1 aromatic carbocycles. The van der Waals surface area contributed by atoms with Gasteiger partial charge in [0.15, 0.2) is 0 Å². The number of hydrogen-bond donors (Lipinski definition) is 0. The fraction of sp³-hybridized carbons (Fsp3) is 0.450. The van der Waals surface area contributed by atoms with Gasteiger partial charge in [0.25, 0.3) is 0 Å². The van der Waals surface area contributed by atoms with E-state index in [1.165, 1.54) is 4.57 Å². The monoisotopic (exact) mass is 372 g/mol. The van der Waals surface area contributed by atoms with Crippen LogP contribution in [0.2, 0.25) is 0 Å². The van der Waals surface area contributed by atoms with E-state index in [0.717, 1.165) is 16.5 Å². The molecule has 144 valence electrons. The standard InChI is InChI=1S/C20H24N2O5/c1-20(2,3)27-19(23)21-13-15(16-6-4-5-7-17(16)21)12-18(22(24)25)14-8-10-26-11-9-14/h4-8,13,18H,9-12H2,1-3H3. The van der Waals surface area contributed by atoms with E-state index in [4.69, 9.17) is 9.47 Å². The number of benzene rings is 1. The predicted molar refractivity (Wildman–Crippen MR) is 102 cm³/mol. The van der Waals surface area contributed by atoms with Gasteiger partial charge in [-0.05, 0) is 38.8 Å². The van der Waals surface area contributed by atoms with Crippen molar-refractivity contribution in [3.8, 4) is 0 Å². The normalized spacial score (nSPS) is 16.0. The number of nitrogens with zero attached hydrogens (tertiary/aromatic N) is 2. The first-order valence-electron chi connectivity index (χ1n) is 8.99. The van der Waals surface area contributed by atoms with Crippen molar-refractivity contribution >= 4 is 17.0 Å². The van der Waals surface area contributed by atoms with E-state index in [2.05, 4.69) is 0 Å². The number of nitro groups is 1. The molecule has 0 radical (unpaired) electrons. The largest absolute Gasteiger partial charge is 0.443 e. The molecule has 1 aliphatic heterocycles. The maximum atomic E-state index is 12.6. The minimum atomic E-state index is -0.827. The first-order valence-corrected chi connectivity index (χ1v) is 8.99. The van der Waals surface area contributed by atoms with Gasteiger partial charge < -0.3 is 9.47 Å². The van der Waals surface area contributed by atoms with Crippen LogP contribution in [0.4, 0.5) is 4.79 Å². The van der Waals surface area contributed by atoms with Crippen molar-refractivity contribution in [3.63, 3.8) is 0 Å². The molecule has 2 aromatic rings. The summed E-state index contributed by atoms with van der Waals surface area (Å²) in [4.78, 5) is 24.0. The van der Waals surface area contributed by atoms with Crippen molar-refractivity contribution in [1.82, 2.24) is 4.57 Å². The van der Waals surface area contributed by atoms with Gasteiger partial charge in [-0.2, -0.15) is 0 Å². The number of carbonyl (C=O) groups is 1. The van der Waals surface area contributed by atoms with Crippen LogP contribution in [0.3, 0.4) is 0 Å². The summed E-state index contributed by atoms with van der Waals surface area (Å²) in [6.45, 7) is 6.31. The molecule has 0 saturated heterocycles. The lowest BCUT2D eigenvalue weighted by Gasteiger charge is -2.19. The third kappa shape index (κ3) is 4.36. The number of aromatic nitrogens is 1. The van der Waals surface area contributed by atoms with Gasteiger partial charge in [-0.25, -0.2) is 4.79 Å². The molecule has 1 aromatic heterocycles. The van der Waals surface area contributed by atoms with Crippen LogP contribution in [0.15, 0.2) is 42.1 Å². The highest BCUT2D eigenvalue weighted by Gasteiger charge is 2.29. The van der Waals surface area contributed by atoms with E-state index in [1.54, 1.807) is 33.0 Å². The molecular formula is C20H24N2O5. The van der Waals surface area contributed by atoms with E-state index < -0.39 is 17.7 Å². The molecule has 2 heterocycles. The van der Waals surface area contributed by atoms with Crippen LogP contribution in [-0.4, -0.2) is 40.4 Å². The molecule has 27 heavy (non-hydrogen) atoms. The molecule has 0 amide bonds. The molecule has 1 atom stereocenters. The molecule has 7 nitrogen and oxygen atoms in total. The van der Waals surface area contributed by atoms with Crippen LogP contribution in [0.25, 0.3) is 10.9 Å². The number of rotatable bonds is 4. The van der Waals surface area contributed by atoms with Crippen LogP contribution in [0, 0.1) is 10.1 Å². The number of carbonyl (C=O) groups excluding carboxylic acids is 1. The molecular weight excluding hydrogens is 348 g/mol. The SMILES string of the molecule is CC(C)(C)OC(=O)n1cc(CC(C2=CCOCC2)[N+](=O)[O-])c2ccccc21. The average molecular weight is 372 g/mol. The van der Waals surface area contributed by atoms with Gasteiger partial charge in [-0.3, -0.25) is 14.7 Å². The fourth-order valence-corrected chi connectivity index (χ4v) is 3.27. The number of ether oxygens (including phenoxy) is 2. The van der Waals surface area contributed by atoms with Gasteiger partial charge >= 0.3 is 6.09 Å². The highest BCUT2D eigenvalue weighted by atomic mass is 16.6. The predicted octanol–water partition coefficient (Wildman–Crippen LogP) is 3.96. The van der Waals surface area contributed by atoms with E-state index in [1.807, 2.05) is 24.3 Å². The maximum absolute atomic E-state index is 12.6. The Hall–Kier alpha value is -2.67. The van der Waals surface area contributed by atoms with Gasteiger partial charge in [0, 0.05) is 28.5 Å². The molecule has 1 unspecified atom stereocenters. The van der Waals surface area contributed by atoms with Crippen LogP contribution in [-0.2, 0) is 15.9 Å². The molecule has 0 spiro atoms. The highest BCUT2D eigenvalue weighted by Crippen LogP contribution is 2.27. The Labute approximate surface area is 157 Å². The Morgan fingerprint density at radius 2 is 2.11 bits per heavy atom. The lowest BCUT2D eigenvalue weighted by atomic mass is 9.96. The Morgan fingerprint density at radius 1 is 1.37 bits per heavy atom. The van der Waals surface area contributed by atoms with E-state index in [0.29, 0.717) is 25.2 Å². The summed E-state index contributed by atoms with van der Waals surface area (Å²) in [5.41, 5.74) is 1.59. The van der Waals surface area contributed by atoms with E-state index in [-0.39, 0.29) is 11.3 Å². The fourth-order valence-electron chi connectivity index (χ4n) is 3.27. The van der Waals surface area contributed by atoms with Crippen molar-refractivity contribution in [1.29, 1.82) is 0 Å². The lowest BCUT2D eigenvalue weighted by molar-refractivity contribution is -0.512. The Bertz CT molecular complexity index is 891. The minimum Gasteiger partial charge on any atom is -0.443 e. The topological polar surface area (TPSA) is 83.6 Å². The first-order chi connectivity index (χ1) is 12.8. The molecule has 3 rings (SSSR count). The summed E-state index contributed by atoms with van der Waals surface area (Å²) in [5, 5.41) is 12.5. The Morgan fingerprint density at radius 3 is 2.74 bits per heavy atom. The second-order valence-electron chi connectivity index (χ2n) is 7.63. The van der Waals surface area contributed by atoms with Gasteiger partial charge in [0.1, 0.15) is 5.60 Å². The van der Waals surface area contributed by atoms with E-state index in [9.17, 15) is 14.9 Å². The number of fused-ring (bicyclic) bond motifs is 1. The smallest absolute Gasteiger partial charge is 0.419 e. The van der Waals surface area contributed by atoms with Crippen molar-refractivity contribution in [3.05, 3.63) is 57.8 Å². The second-order valence-corrected chi connectivity index (χ2v) is 7.63. The number of hydrogen-bond acceptors (Lipinski definition) is 5. The number of para-hydroxylation sites is 1. The highest BCUT2D eigenvalue weighted by molar-refractivity contribution is 5.92. The third-order valence-corrected chi connectivity index (χ3v) is 4.48. The first kappa shape index (κ1) is 19.1.